The number of ketones is 1. The van der Waals surface area contributed by atoms with Crippen molar-refractivity contribution in [3.05, 3.63) is 69.7 Å². The number of morpholine rings is 1. The molecule has 0 radical (unpaired) electrons. The van der Waals surface area contributed by atoms with Crippen LogP contribution in [0.25, 0.3) is 5.76 Å². The van der Waals surface area contributed by atoms with Crippen LogP contribution in [0.5, 0.6) is 0 Å². The lowest BCUT2D eigenvalue weighted by atomic mass is 9.82. The third-order valence-electron chi connectivity index (χ3n) is 7.02. The zero-order chi connectivity index (χ0) is 24.7. The molecule has 2 aromatic rings. The molecule has 5 rings (SSSR count). The maximum Gasteiger partial charge on any atom is 0.296 e. The van der Waals surface area contributed by atoms with E-state index in [1.807, 2.05) is 0 Å². The fourth-order valence-electron chi connectivity index (χ4n) is 5.30. The van der Waals surface area contributed by atoms with Crippen LogP contribution in [0.3, 0.4) is 0 Å². The van der Waals surface area contributed by atoms with Gasteiger partial charge in [0.1, 0.15) is 5.76 Å². The molecule has 3 heterocycles. The molecule has 2 fully saturated rings. The number of rotatable bonds is 5. The number of anilines is 1. The van der Waals surface area contributed by atoms with E-state index in [1.165, 1.54) is 9.80 Å². The van der Waals surface area contributed by atoms with Crippen molar-refractivity contribution in [1.82, 2.24) is 9.80 Å². The normalized spacial score (nSPS) is 24.0. The molecular formula is C26H26BrN3O5. The number of carbonyl (C=O) groups is 3. The minimum Gasteiger partial charge on any atom is -0.507 e. The van der Waals surface area contributed by atoms with Gasteiger partial charge in [0.25, 0.3) is 17.6 Å². The number of halogens is 1. The Balaban J connectivity index is 1.63. The first kappa shape index (κ1) is 23.7. The summed E-state index contributed by atoms with van der Waals surface area (Å²) in [5, 5.41) is 11.4. The number of nitrogens with zero attached hydrogens (tertiary/aromatic N) is 3. The summed E-state index contributed by atoms with van der Waals surface area (Å²) in [7, 11) is 1.63. The molecule has 3 aliphatic rings. The summed E-state index contributed by atoms with van der Waals surface area (Å²) < 4.78 is 6.20. The van der Waals surface area contributed by atoms with Gasteiger partial charge in [-0.1, -0.05) is 46.3 Å². The predicted octanol–water partition coefficient (Wildman–Crippen LogP) is 2.72. The van der Waals surface area contributed by atoms with Crippen molar-refractivity contribution in [3.8, 4) is 0 Å². The Hall–Kier alpha value is -3.01. The van der Waals surface area contributed by atoms with E-state index in [4.69, 9.17) is 4.74 Å². The zero-order valence-corrected chi connectivity index (χ0v) is 21.0. The highest BCUT2D eigenvalue weighted by Gasteiger charge is 2.66. The predicted molar refractivity (Wildman–Crippen MR) is 134 cm³/mol. The van der Waals surface area contributed by atoms with Crippen molar-refractivity contribution in [2.75, 3.05) is 51.3 Å². The Kier molecular flexibility index (Phi) is 6.25. The van der Waals surface area contributed by atoms with E-state index in [-0.39, 0.29) is 17.9 Å². The Bertz CT molecular complexity index is 1220. The number of ether oxygens (including phenoxy) is 1. The number of aliphatic hydroxyl groups is 1. The number of benzene rings is 2. The largest absolute Gasteiger partial charge is 0.507 e. The smallest absolute Gasteiger partial charge is 0.296 e. The van der Waals surface area contributed by atoms with Crippen molar-refractivity contribution in [3.63, 3.8) is 0 Å². The van der Waals surface area contributed by atoms with Gasteiger partial charge < -0.3 is 19.6 Å². The zero-order valence-electron chi connectivity index (χ0n) is 19.4. The van der Waals surface area contributed by atoms with Gasteiger partial charge in [-0.15, -0.1) is 0 Å². The van der Waals surface area contributed by atoms with E-state index in [9.17, 15) is 19.5 Å². The number of fused-ring (bicyclic) bond motifs is 2. The number of hydrogen-bond donors (Lipinski definition) is 1. The molecule has 0 aromatic heterocycles. The van der Waals surface area contributed by atoms with Gasteiger partial charge in [0.15, 0.2) is 5.54 Å². The lowest BCUT2D eigenvalue weighted by Crippen LogP contribution is -2.52. The van der Waals surface area contributed by atoms with Crippen LogP contribution in [0.2, 0.25) is 0 Å². The van der Waals surface area contributed by atoms with Gasteiger partial charge in [-0.05, 0) is 24.6 Å². The van der Waals surface area contributed by atoms with Crippen LogP contribution in [-0.4, -0.2) is 78.9 Å². The van der Waals surface area contributed by atoms with Crippen LogP contribution in [0.1, 0.15) is 17.5 Å². The van der Waals surface area contributed by atoms with Gasteiger partial charge in [-0.2, -0.15) is 0 Å². The van der Waals surface area contributed by atoms with Crippen LogP contribution >= 0.6 is 15.9 Å². The molecule has 2 aromatic carbocycles. The van der Waals surface area contributed by atoms with Crippen LogP contribution in [0.15, 0.2) is 58.6 Å². The Morgan fingerprint density at radius 3 is 2.43 bits per heavy atom. The van der Waals surface area contributed by atoms with Crippen LogP contribution in [0, 0.1) is 0 Å². The summed E-state index contributed by atoms with van der Waals surface area (Å²) in [5.41, 5.74) is -0.394. The second kappa shape index (κ2) is 9.22. The van der Waals surface area contributed by atoms with Gasteiger partial charge in [-0.3, -0.25) is 19.3 Å². The molecule has 1 unspecified atom stereocenters. The Morgan fingerprint density at radius 1 is 1.03 bits per heavy atom. The number of aliphatic hydroxyl groups excluding tert-OH is 1. The molecule has 9 heteroatoms. The van der Waals surface area contributed by atoms with Crippen molar-refractivity contribution in [2.24, 2.45) is 0 Å². The first-order valence-corrected chi connectivity index (χ1v) is 12.4. The molecule has 2 saturated heterocycles. The maximum atomic E-state index is 14.0. The summed E-state index contributed by atoms with van der Waals surface area (Å²) >= 11 is 3.37. The van der Waals surface area contributed by atoms with Crippen molar-refractivity contribution >= 4 is 45.0 Å². The minimum atomic E-state index is -1.71. The number of amides is 2. The molecule has 1 atom stereocenters. The van der Waals surface area contributed by atoms with Crippen molar-refractivity contribution in [2.45, 2.75) is 12.0 Å². The summed E-state index contributed by atoms with van der Waals surface area (Å²) in [6.07, 6.45) is 0.576. The molecule has 35 heavy (non-hydrogen) atoms. The minimum absolute atomic E-state index is 0.182. The summed E-state index contributed by atoms with van der Waals surface area (Å²) in [6.45, 7) is 3.84. The van der Waals surface area contributed by atoms with Gasteiger partial charge in [0, 0.05) is 54.5 Å². The van der Waals surface area contributed by atoms with E-state index in [2.05, 4.69) is 20.8 Å². The van der Waals surface area contributed by atoms with Gasteiger partial charge in [0.2, 0.25) is 0 Å². The van der Waals surface area contributed by atoms with E-state index in [0.717, 1.165) is 17.6 Å². The number of carbonyl (C=O) groups excluding carboxylic acids is 3. The monoisotopic (exact) mass is 539 g/mol. The van der Waals surface area contributed by atoms with Gasteiger partial charge in [0.05, 0.1) is 18.8 Å². The number of para-hydroxylation sites is 1. The molecule has 0 aliphatic carbocycles. The van der Waals surface area contributed by atoms with Gasteiger partial charge in [-0.25, -0.2) is 0 Å². The van der Waals surface area contributed by atoms with E-state index >= 15 is 0 Å². The average molecular weight is 540 g/mol. The molecule has 3 aliphatic heterocycles. The van der Waals surface area contributed by atoms with Gasteiger partial charge >= 0.3 is 0 Å². The highest BCUT2D eigenvalue weighted by atomic mass is 79.9. The van der Waals surface area contributed by atoms with Crippen LogP contribution in [0.4, 0.5) is 5.69 Å². The maximum absolute atomic E-state index is 14.0. The highest BCUT2D eigenvalue weighted by Crippen LogP contribution is 2.53. The van der Waals surface area contributed by atoms with E-state index in [0.29, 0.717) is 43.0 Å². The summed E-state index contributed by atoms with van der Waals surface area (Å²) in [5.74, 6) is -2.41. The quantitative estimate of drug-likeness (QED) is 0.357. The SMILES string of the molecule is CN1C(=O)C2(/C(=C(\O)c3ccc(Br)cc3)C(=O)C(=O)N2CCCN2CCOCC2)c2ccccc21. The molecule has 1 N–H and O–H groups in total. The molecule has 0 saturated carbocycles. The topological polar surface area (TPSA) is 90.4 Å². The number of likely N-dealkylation sites (N-methyl/N-ethyl adjacent to an activating group) is 1. The molecule has 8 nitrogen and oxygen atoms in total. The average Bonchev–Trinajstić information content (AvgIpc) is 3.23. The number of hydrogen-bond acceptors (Lipinski definition) is 6. The van der Waals surface area contributed by atoms with Crippen LogP contribution in [-0.2, 0) is 24.7 Å². The fourth-order valence-corrected chi connectivity index (χ4v) is 5.56. The number of Topliss-reactive ketones (excluding diaryl/α,β-unsaturated/α-hetero) is 1. The highest BCUT2D eigenvalue weighted by molar-refractivity contribution is 9.10. The fraction of sp³-hybridized carbons (Fsp3) is 0.346. The Morgan fingerprint density at radius 2 is 1.71 bits per heavy atom. The standard InChI is InChI=1S/C26H26BrN3O5/c1-28-20-6-3-2-5-19(20)26(25(28)34)21(22(31)17-7-9-18(27)10-8-17)23(32)24(33)30(26)12-4-11-29-13-15-35-16-14-29/h2-3,5-10,31H,4,11-16H2,1H3/b22-21-. The van der Waals surface area contributed by atoms with E-state index in [1.54, 1.807) is 55.6 Å². The number of likely N-dealkylation sites (tertiary alicyclic amines) is 1. The lowest BCUT2D eigenvalue weighted by molar-refractivity contribution is -0.143. The molecular weight excluding hydrogens is 514 g/mol. The summed E-state index contributed by atoms with van der Waals surface area (Å²) in [4.78, 5) is 45.9. The third kappa shape index (κ3) is 3.69. The Labute approximate surface area is 211 Å². The van der Waals surface area contributed by atoms with Crippen molar-refractivity contribution < 1.29 is 24.2 Å². The van der Waals surface area contributed by atoms with Crippen LogP contribution < -0.4 is 4.90 Å². The first-order valence-electron chi connectivity index (χ1n) is 11.6. The molecule has 182 valence electrons. The van der Waals surface area contributed by atoms with E-state index < -0.39 is 23.1 Å². The summed E-state index contributed by atoms with van der Waals surface area (Å²) in [6, 6.07) is 13.9. The second-order valence-corrected chi connectivity index (χ2v) is 9.83. The lowest BCUT2D eigenvalue weighted by Gasteiger charge is -2.35. The second-order valence-electron chi connectivity index (χ2n) is 8.92. The van der Waals surface area contributed by atoms with Crippen molar-refractivity contribution in [1.29, 1.82) is 0 Å². The molecule has 2 amide bonds. The molecule has 1 spiro atoms. The first-order chi connectivity index (χ1) is 16.9. The molecule has 0 bridgehead atoms. The third-order valence-corrected chi connectivity index (χ3v) is 7.55.